The van der Waals surface area contributed by atoms with E-state index in [1.807, 2.05) is 11.8 Å². The Kier molecular flexibility index (Phi) is 6.61. The molecule has 1 fully saturated rings. The van der Waals surface area contributed by atoms with Gasteiger partial charge in [-0.1, -0.05) is 6.92 Å². The lowest BCUT2D eigenvalue weighted by Gasteiger charge is -2.09. The Morgan fingerprint density at radius 3 is 3.00 bits per heavy atom. The van der Waals surface area contributed by atoms with Gasteiger partial charge in [-0.25, -0.2) is 13.1 Å². The third kappa shape index (κ3) is 4.99. The summed E-state index contributed by atoms with van der Waals surface area (Å²) in [7, 11) is -3.52. The Morgan fingerprint density at radius 1 is 1.52 bits per heavy atom. The van der Waals surface area contributed by atoms with Crippen molar-refractivity contribution in [2.45, 2.75) is 42.9 Å². The second-order valence-corrected chi connectivity index (χ2v) is 8.88. The minimum atomic E-state index is -3.52. The van der Waals surface area contributed by atoms with Crippen LogP contribution in [0, 0.1) is 0 Å². The summed E-state index contributed by atoms with van der Waals surface area (Å²) in [5, 5.41) is 3.57. The summed E-state index contributed by atoms with van der Waals surface area (Å²) in [6, 6.07) is 1.58. The van der Waals surface area contributed by atoms with Crippen molar-refractivity contribution in [1.82, 2.24) is 10.0 Å². The van der Waals surface area contributed by atoms with Gasteiger partial charge in [0.1, 0.15) is 10.7 Å². The average Bonchev–Trinajstić information content (AvgIpc) is 3.07. The standard InChI is InChI=1S/C13H21BrN2O3S2/c1-2-5-15-8-10-7-12(13(14)19-10)21(17,18)16-9-11-4-3-6-20-11/h7,11,15-16H,2-6,8-9H2,1H3. The molecule has 1 atom stereocenters. The summed E-state index contributed by atoms with van der Waals surface area (Å²) in [6.07, 6.45) is 3.26. The van der Waals surface area contributed by atoms with Crippen LogP contribution in [0.4, 0.5) is 0 Å². The van der Waals surface area contributed by atoms with Gasteiger partial charge in [0.05, 0.1) is 6.54 Å². The van der Waals surface area contributed by atoms with E-state index in [0.717, 1.165) is 25.1 Å². The van der Waals surface area contributed by atoms with Gasteiger partial charge < -0.3 is 9.73 Å². The lowest BCUT2D eigenvalue weighted by atomic mass is 10.2. The fourth-order valence-electron chi connectivity index (χ4n) is 2.14. The number of nitrogens with one attached hydrogen (secondary N) is 2. The quantitative estimate of drug-likeness (QED) is 0.660. The predicted octanol–water partition coefficient (Wildman–Crippen LogP) is 2.72. The zero-order valence-electron chi connectivity index (χ0n) is 12.0. The molecule has 0 amide bonds. The van der Waals surface area contributed by atoms with Crippen molar-refractivity contribution < 1.29 is 12.8 Å². The zero-order valence-corrected chi connectivity index (χ0v) is 15.2. The molecule has 0 aliphatic carbocycles. The van der Waals surface area contributed by atoms with Gasteiger partial charge in [0, 0.05) is 17.9 Å². The van der Waals surface area contributed by atoms with Crippen molar-refractivity contribution in [2.24, 2.45) is 0 Å². The fourth-order valence-corrected chi connectivity index (χ4v) is 5.53. The van der Waals surface area contributed by atoms with Gasteiger partial charge in [-0.15, -0.1) is 0 Å². The molecule has 21 heavy (non-hydrogen) atoms. The number of hydrogen-bond donors (Lipinski definition) is 2. The SMILES string of the molecule is CCCNCc1cc(S(=O)(=O)NCC2CCCS2)c(Br)o1. The van der Waals surface area contributed by atoms with E-state index in [1.54, 1.807) is 6.07 Å². The number of furan rings is 1. The highest BCUT2D eigenvalue weighted by molar-refractivity contribution is 9.10. The van der Waals surface area contributed by atoms with Gasteiger partial charge in [0.2, 0.25) is 10.0 Å². The topological polar surface area (TPSA) is 71.3 Å². The molecular weight excluding hydrogens is 376 g/mol. The van der Waals surface area contributed by atoms with Gasteiger partial charge in [0.25, 0.3) is 0 Å². The van der Waals surface area contributed by atoms with Crippen LogP contribution in [0.2, 0.25) is 0 Å². The number of hydrogen-bond acceptors (Lipinski definition) is 5. The minimum absolute atomic E-state index is 0.179. The summed E-state index contributed by atoms with van der Waals surface area (Å²) >= 11 is 5.03. The highest BCUT2D eigenvalue weighted by Crippen LogP contribution is 2.28. The number of thioether (sulfide) groups is 1. The predicted molar refractivity (Wildman–Crippen MR) is 89.1 cm³/mol. The Morgan fingerprint density at radius 2 is 2.33 bits per heavy atom. The molecule has 1 aliphatic heterocycles. The van der Waals surface area contributed by atoms with Crippen molar-refractivity contribution >= 4 is 37.7 Å². The van der Waals surface area contributed by atoms with Crippen LogP contribution in [0.5, 0.6) is 0 Å². The summed E-state index contributed by atoms with van der Waals surface area (Å²) in [6.45, 7) is 3.96. The maximum absolute atomic E-state index is 12.3. The second kappa shape index (κ2) is 8.01. The van der Waals surface area contributed by atoms with E-state index in [4.69, 9.17) is 4.42 Å². The summed E-state index contributed by atoms with van der Waals surface area (Å²) in [4.78, 5) is 0.179. The zero-order chi connectivity index (χ0) is 15.3. The molecule has 1 unspecified atom stereocenters. The van der Waals surface area contributed by atoms with Crippen LogP contribution in [0.25, 0.3) is 0 Å². The van der Waals surface area contributed by atoms with E-state index in [-0.39, 0.29) is 9.56 Å². The van der Waals surface area contributed by atoms with E-state index in [2.05, 4.69) is 32.9 Å². The van der Waals surface area contributed by atoms with Gasteiger partial charge >= 0.3 is 0 Å². The third-order valence-electron chi connectivity index (χ3n) is 3.25. The van der Waals surface area contributed by atoms with Gasteiger partial charge in [0.15, 0.2) is 4.67 Å². The molecule has 120 valence electrons. The van der Waals surface area contributed by atoms with E-state index < -0.39 is 10.0 Å². The molecule has 2 heterocycles. The van der Waals surface area contributed by atoms with Gasteiger partial charge in [-0.3, -0.25) is 0 Å². The monoisotopic (exact) mass is 396 g/mol. The van der Waals surface area contributed by atoms with Crippen LogP contribution in [-0.2, 0) is 16.6 Å². The van der Waals surface area contributed by atoms with Crippen LogP contribution in [-0.4, -0.2) is 32.5 Å². The Balaban J connectivity index is 1.97. The second-order valence-electron chi connectivity index (χ2n) is 5.01. The first-order valence-corrected chi connectivity index (χ1v) is 10.5. The van der Waals surface area contributed by atoms with E-state index in [9.17, 15) is 8.42 Å². The van der Waals surface area contributed by atoms with Crippen LogP contribution >= 0.6 is 27.7 Å². The Hall–Kier alpha value is -0.0200. The highest BCUT2D eigenvalue weighted by Gasteiger charge is 2.24. The van der Waals surface area contributed by atoms with Crippen molar-refractivity contribution in [3.63, 3.8) is 0 Å². The first-order valence-electron chi connectivity index (χ1n) is 7.13. The first-order chi connectivity index (χ1) is 10.0. The Labute approximate surface area is 138 Å². The molecule has 1 saturated heterocycles. The largest absolute Gasteiger partial charge is 0.452 e. The van der Waals surface area contributed by atoms with Gasteiger partial charge in [-0.2, -0.15) is 11.8 Å². The molecular formula is C13H21BrN2O3S2. The number of sulfonamides is 1. The third-order valence-corrected chi connectivity index (χ3v) is 6.93. The van der Waals surface area contributed by atoms with Crippen molar-refractivity contribution in [2.75, 3.05) is 18.8 Å². The molecule has 1 aromatic rings. The summed E-state index contributed by atoms with van der Waals surface area (Å²) in [5.41, 5.74) is 0. The molecule has 0 radical (unpaired) electrons. The van der Waals surface area contributed by atoms with Crippen LogP contribution in [0.3, 0.4) is 0 Å². The van der Waals surface area contributed by atoms with Crippen molar-refractivity contribution in [3.8, 4) is 0 Å². The minimum Gasteiger partial charge on any atom is -0.452 e. The van der Waals surface area contributed by atoms with Crippen molar-refractivity contribution in [1.29, 1.82) is 0 Å². The van der Waals surface area contributed by atoms with Crippen LogP contribution in [0.15, 0.2) is 20.0 Å². The molecule has 2 rings (SSSR count). The highest BCUT2D eigenvalue weighted by atomic mass is 79.9. The molecule has 1 aromatic heterocycles. The maximum Gasteiger partial charge on any atom is 0.245 e. The van der Waals surface area contributed by atoms with Crippen molar-refractivity contribution in [3.05, 3.63) is 16.5 Å². The van der Waals surface area contributed by atoms with E-state index in [0.29, 0.717) is 24.1 Å². The van der Waals surface area contributed by atoms with E-state index >= 15 is 0 Å². The average molecular weight is 397 g/mol. The molecule has 0 saturated carbocycles. The molecule has 0 bridgehead atoms. The normalized spacial score (nSPS) is 19.2. The molecule has 2 N–H and O–H groups in total. The number of rotatable bonds is 8. The lowest BCUT2D eigenvalue weighted by molar-refractivity contribution is 0.461. The molecule has 8 heteroatoms. The Bertz CT molecular complexity index is 554. The van der Waals surface area contributed by atoms with Gasteiger partial charge in [-0.05, 0) is 47.5 Å². The summed E-state index contributed by atoms with van der Waals surface area (Å²) < 4.78 is 33.0. The molecule has 1 aliphatic rings. The van der Waals surface area contributed by atoms with Crippen LogP contribution < -0.4 is 10.0 Å². The molecule has 0 aromatic carbocycles. The lowest BCUT2D eigenvalue weighted by Crippen LogP contribution is -2.29. The van der Waals surface area contributed by atoms with E-state index in [1.165, 1.54) is 6.42 Å². The smallest absolute Gasteiger partial charge is 0.245 e. The van der Waals surface area contributed by atoms with Crippen LogP contribution in [0.1, 0.15) is 31.9 Å². The molecule has 0 spiro atoms. The summed E-state index contributed by atoms with van der Waals surface area (Å²) in [5.74, 6) is 1.74. The maximum atomic E-state index is 12.3. The first kappa shape index (κ1) is 17.3. The molecule has 5 nitrogen and oxygen atoms in total. The number of halogens is 1. The fraction of sp³-hybridized carbons (Fsp3) is 0.692.